The molecule has 0 amide bonds. The number of hydrogen-bond donors (Lipinski definition) is 0. The summed E-state index contributed by atoms with van der Waals surface area (Å²) in [6, 6.07) is 0. The van der Waals surface area contributed by atoms with Crippen molar-refractivity contribution in [3.05, 3.63) is 0 Å². The molecule has 0 aromatic rings. The van der Waals surface area contributed by atoms with Crippen LogP contribution in [0.3, 0.4) is 0 Å². The van der Waals surface area contributed by atoms with E-state index < -0.39 is 7.74 Å². The fraction of sp³-hybridized carbons (Fsp3) is 1.00. The Morgan fingerprint density at radius 2 is 1.14 bits per heavy atom. The van der Waals surface area contributed by atoms with Crippen molar-refractivity contribution in [1.29, 1.82) is 0 Å². The van der Waals surface area contributed by atoms with Crippen LogP contribution in [0.1, 0.15) is 0 Å². The molecule has 0 radical (unpaired) electrons. The van der Waals surface area contributed by atoms with E-state index in [0.717, 1.165) is 0 Å². The minimum atomic E-state index is -1.90. The van der Waals surface area contributed by atoms with Gasteiger partial charge in [0.2, 0.25) is 0 Å². The third-order valence-electron chi connectivity index (χ3n) is 0.247. The van der Waals surface area contributed by atoms with Crippen molar-refractivity contribution in [3.63, 3.8) is 0 Å². The predicted molar refractivity (Wildman–Crippen MR) is 54.2 cm³/mol. The summed E-state index contributed by atoms with van der Waals surface area (Å²) in [5.41, 5.74) is 0. The first-order chi connectivity index (χ1) is 2.94. The number of hydrogen-bond acceptors (Lipinski definition) is 0. The zero-order chi connectivity index (χ0) is 6.08. The summed E-state index contributed by atoms with van der Waals surface area (Å²) >= 11 is 17.1. The van der Waals surface area contributed by atoms with Crippen molar-refractivity contribution >= 4 is 81.6 Å². The van der Waals surface area contributed by atoms with Crippen LogP contribution in [0.15, 0.2) is 0 Å². The van der Waals surface area contributed by atoms with Crippen LogP contribution in [0, 0.1) is 0 Å². The molecule has 0 aromatic heterocycles. The average molecular weight is 485 g/mol. The standard InChI is InChI=1S/CHBr5Ge/c2-1(3)7(4,5)6/h1H. The van der Waals surface area contributed by atoms with Crippen molar-refractivity contribution in [1.82, 2.24) is 0 Å². The molecule has 0 N–H and O–H groups in total. The molecule has 0 rings (SSSR count). The summed E-state index contributed by atoms with van der Waals surface area (Å²) in [6.07, 6.45) is 0. The van der Waals surface area contributed by atoms with Crippen LogP contribution in [0.5, 0.6) is 0 Å². The molecule has 0 nitrogen and oxygen atoms in total. The average Bonchev–Trinajstić information content (AvgIpc) is 1.31. The van der Waals surface area contributed by atoms with Gasteiger partial charge in [-0.25, -0.2) is 0 Å². The fourth-order valence-electron chi connectivity index (χ4n) is 0. The van der Waals surface area contributed by atoms with Gasteiger partial charge in [0.1, 0.15) is 0 Å². The zero-order valence-electron chi connectivity index (χ0n) is 2.97. The molecular weight excluding hydrogens is 484 g/mol. The van der Waals surface area contributed by atoms with Crippen molar-refractivity contribution < 1.29 is 0 Å². The fourth-order valence-corrected chi connectivity index (χ4v) is 0. The topological polar surface area (TPSA) is 0 Å². The second kappa shape index (κ2) is 3.96. The van der Waals surface area contributed by atoms with Gasteiger partial charge in [0.25, 0.3) is 0 Å². The number of alkyl halides is 2. The third-order valence-corrected chi connectivity index (χ3v) is 34.7. The van der Waals surface area contributed by atoms with Crippen LogP contribution >= 0.6 is 73.9 Å². The van der Waals surface area contributed by atoms with Gasteiger partial charge in [0, 0.05) is 0 Å². The van der Waals surface area contributed by atoms with Gasteiger partial charge in [0.05, 0.1) is 0 Å². The molecule has 0 aliphatic carbocycles. The van der Waals surface area contributed by atoms with E-state index in [0.29, 0.717) is 2.57 Å². The van der Waals surface area contributed by atoms with Gasteiger partial charge < -0.3 is 0 Å². The Balaban J connectivity index is 3.54. The number of halogens is 5. The van der Waals surface area contributed by atoms with E-state index in [-0.39, 0.29) is 0 Å². The Kier molecular flexibility index (Phi) is 5.62. The Morgan fingerprint density at radius 1 is 1.00 bits per heavy atom. The van der Waals surface area contributed by atoms with E-state index in [1.165, 1.54) is 0 Å². The van der Waals surface area contributed by atoms with Gasteiger partial charge in [0.15, 0.2) is 0 Å². The first-order valence-corrected chi connectivity index (χ1v) is 19.1. The molecule has 44 valence electrons. The molecule has 0 aliphatic heterocycles. The molecule has 0 atom stereocenters. The summed E-state index contributed by atoms with van der Waals surface area (Å²) in [6.45, 7) is 0. The first-order valence-electron chi connectivity index (χ1n) is 1.29. The van der Waals surface area contributed by atoms with Crippen LogP contribution in [0.25, 0.3) is 0 Å². The van der Waals surface area contributed by atoms with E-state index in [9.17, 15) is 0 Å². The Hall–Kier alpha value is 2.94. The molecule has 0 heterocycles. The van der Waals surface area contributed by atoms with Crippen LogP contribution in [0.4, 0.5) is 0 Å². The second-order valence-corrected chi connectivity index (χ2v) is 47.0. The van der Waals surface area contributed by atoms with Gasteiger partial charge in [-0.05, 0) is 0 Å². The van der Waals surface area contributed by atoms with E-state index in [1.807, 2.05) is 0 Å². The van der Waals surface area contributed by atoms with Crippen LogP contribution in [-0.4, -0.2) is 10.3 Å². The molecule has 0 spiro atoms. The van der Waals surface area contributed by atoms with Crippen molar-refractivity contribution in [3.8, 4) is 0 Å². The molecular formula is CHBr5Ge. The molecule has 0 bridgehead atoms. The third kappa shape index (κ3) is 5.39. The zero-order valence-corrected chi connectivity index (χ0v) is 13.0. The molecule has 7 heavy (non-hydrogen) atoms. The normalized spacial score (nSPS) is 12.9. The maximum absolute atomic E-state index is 3.47. The molecule has 0 saturated carbocycles. The van der Waals surface area contributed by atoms with Crippen LogP contribution < -0.4 is 0 Å². The van der Waals surface area contributed by atoms with Crippen molar-refractivity contribution in [2.45, 2.75) is 2.57 Å². The van der Waals surface area contributed by atoms with Gasteiger partial charge >= 0.3 is 84.2 Å². The molecule has 0 saturated heterocycles. The predicted octanol–water partition coefficient (Wildman–Crippen LogP) is 3.77. The van der Waals surface area contributed by atoms with Gasteiger partial charge in [-0.2, -0.15) is 0 Å². The summed E-state index contributed by atoms with van der Waals surface area (Å²) in [4.78, 5) is 0. The summed E-state index contributed by atoms with van der Waals surface area (Å²) in [7, 11) is -1.90. The van der Waals surface area contributed by atoms with Crippen molar-refractivity contribution in [2.24, 2.45) is 0 Å². The summed E-state index contributed by atoms with van der Waals surface area (Å²) in [5, 5.41) is 0. The molecule has 0 fully saturated rings. The summed E-state index contributed by atoms with van der Waals surface area (Å²) in [5.74, 6) is 0. The SMILES string of the molecule is Br[CH](Br)[Ge]([Br])([Br])[Br]. The Morgan fingerprint density at radius 3 is 1.14 bits per heavy atom. The minimum absolute atomic E-state index is 0.361. The second-order valence-electron chi connectivity index (χ2n) is 0.842. The molecule has 0 aliphatic rings. The molecule has 0 unspecified atom stereocenters. The van der Waals surface area contributed by atoms with Crippen LogP contribution in [-0.2, 0) is 0 Å². The van der Waals surface area contributed by atoms with E-state index in [2.05, 4.69) is 73.9 Å². The molecule has 6 heteroatoms. The van der Waals surface area contributed by atoms with Crippen LogP contribution in [0.2, 0.25) is 0 Å². The van der Waals surface area contributed by atoms with E-state index in [1.54, 1.807) is 0 Å². The monoisotopic (exact) mass is 482 g/mol. The Bertz CT molecular complexity index is 53.6. The van der Waals surface area contributed by atoms with Gasteiger partial charge in [-0.15, -0.1) is 0 Å². The van der Waals surface area contributed by atoms with E-state index in [4.69, 9.17) is 0 Å². The maximum atomic E-state index is 3.47. The molecule has 0 aromatic carbocycles. The quantitative estimate of drug-likeness (QED) is 0.392. The van der Waals surface area contributed by atoms with Gasteiger partial charge in [-0.3, -0.25) is 0 Å². The number of rotatable bonds is 1. The Labute approximate surface area is 82.7 Å². The first kappa shape index (κ1) is 9.94. The van der Waals surface area contributed by atoms with Gasteiger partial charge in [-0.1, -0.05) is 0 Å². The summed E-state index contributed by atoms with van der Waals surface area (Å²) < 4.78 is 0.361. The van der Waals surface area contributed by atoms with E-state index >= 15 is 0 Å². The van der Waals surface area contributed by atoms with Crippen molar-refractivity contribution in [2.75, 3.05) is 0 Å².